The standard InChI is InChI=1S/C33H37N5O7S/c34-28(39)16-25(36-29(40)17-45-27-12-6-10-21-9-4-5-11-23(21)27)31(42)37-24(15-20-7-2-1-3-8-20)30(41)33(44)38-19-46-18-26(38)32(43)35-22-13-14-22/h1-12,22,24-26,30,41H,13-19H2,(H2,34,39)(H,35,43)(H,36,40)(H,37,42)/t24-,25-,26-,30-/m0/s1. The Morgan fingerprint density at radius 2 is 1.67 bits per heavy atom. The lowest BCUT2D eigenvalue weighted by Crippen LogP contribution is -2.59. The van der Waals surface area contributed by atoms with Crippen LogP contribution in [-0.4, -0.2) is 88.1 Å². The van der Waals surface area contributed by atoms with Gasteiger partial charge in [0.15, 0.2) is 12.7 Å². The van der Waals surface area contributed by atoms with E-state index < -0.39 is 60.9 Å². The molecule has 4 atom stereocenters. The monoisotopic (exact) mass is 647 g/mol. The Balaban J connectivity index is 1.28. The van der Waals surface area contributed by atoms with Crippen molar-refractivity contribution in [1.29, 1.82) is 0 Å². The van der Waals surface area contributed by atoms with Crippen LogP contribution in [0.2, 0.25) is 0 Å². The first kappa shape index (κ1) is 32.8. The SMILES string of the molecule is NC(=O)C[C@H](NC(=O)COc1cccc2ccccc12)C(=O)N[C@@H](Cc1ccccc1)[C@H](O)C(=O)N1CSC[C@H]1C(=O)NC1CC1. The first-order valence-corrected chi connectivity index (χ1v) is 16.2. The number of aliphatic hydroxyl groups is 1. The van der Waals surface area contributed by atoms with Crippen molar-refractivity contribution < 1.29 is 33.8 Å². The quantitative estimate of drug-likeness (QED) is 0.171. The minimum Gasteiger partial charge on any atom is -0.483 e. The molecule has 2 aliphatic rings. The Labute approximate surface area is 270 Å². The molecule has 13 heteroatoms. The first-order valence-electron chi connectivity index (χ1n) is 15.1. The molecule has 1 saturated carbocycles. The van der Waals surface area contributed by atoms with Crippen LogP contribution >= 0.6 is 11.8 Å². The number of hydrogen-bond acceptors (Lipinski definition) is 8. The molecular formula is C33H37N5O7S. The second-order valence-electron chi connectivity index (χ2n) is 11.4. The number of fused-ring (bicyclic) bond motifs is 1. The van der Waals surface area contributed by atoms with Gasteiger partial charge in [0, 0.05) is 17.2 Å². The summed E-state index contributed by atoms with van der Waals surface area (Å²) >= 11 is 1.40. The van der Waals surface area contributed by atoms with E-state index in [0.717, 1.165) is 29.2 Å². The number of amides is 5. The molecule has 0 bridgehead atoms. The van der Waals surface area contributed by atoms with Gasteiger partial charge < -0.3 is 36.4 Å². The van der Waals surface area contributed by atoms with Crippen LogP contribution in [0, 0.1) is 0 Å². The molecule has 1 heterocycles. The molecule has 12 nitrogen and oxygen atoms in total. The Hall–Kier alpha value is -4.62. The lowest BCUT2D eigenvalue weighted by Gasteiger charge is -2.30. The number of thioether (sulfide) groups is 1. The number of primary amides is 1. The van der Waals surface area contributed by atoms with E-state index >= 15 is 0 Å². The number of carbonyl (C=O) groups is 5. The van der Waals surface area contributed by atoms with E-state index in [2.05, 4.69) is 16.0 Å². The molecular weight excluding hydrogens is 610 g/mol. The van der Waals surface area contributed by atoms with Crippen molar-refractivity contribution in [2.75, 3.05) is 18.2 Å². The Kier molecular flexibility index (Phi) is 10.8. The Morgan fingerprint density at radius 3 is 2.41 bits per heavy atom. The van der Waals surface area contributed by atoms with Crippen LogP contribution < -0.4 is 26.4 Å². The van der Waals surface area contributed by atoms with Crippen molar-refractivity contribution in [1.82, 2.24) is 20.9 Å². The van der Waals surface area contributed by atoms with Crippen LogP contribution in [0.4, 0.5) is 0 Å². The highest BCUT2D eigenvalue weighted by Crippen LogP contribution is 2.26. The maximum Gasteiger partial charge on any atom is 0.258 e. The second kappa shape index (κ2) is 15.1. The van der Waals surface area contributed by atoms with Crippen molar-refractivity contribution in [3.8, 4) is 5.75 Å². The molecule has 1 aliphatic carbocycles. The van der Waals surface area contributed by atoms with Gasteiger partial charge in [-0.25, -0.2) is 0 Å². The minimum atomic E-state index is -1.72. The summed E-state index contributed by atoms with van der Waals surface area (Å²) in [4.78, 5) is 66.1. The predicted octanol–water partition coefficient (Wildman–Crippen LogP) is 0.847. The number of nitrogens with zero attached hydrogens (tertiary/aromatic N) is 1. The average Bonchev–Trinajstić information content (AvgIpc) is 3.73. The largest absolute Gasteiger partial charge is 0.483 e. The zero-order valence-electron chi connectivity index (χ0n) is 25.1. The molecule has 5 rings (SSSR count). The highest BCUT2D eigenvalue weighted by atomic mass is 32.2. The number of nitrogens with two attached hydrogens (primary N) is 1. The lowest BCUT2D eigenvalue weighted by molar-refractivity contribution is -0.147. The van der Waals surface area contributed by atoms with Gasteiger partial charge in [-0.1, -0.05) is 66.7 Å². The lowest BCUT2D eigenvalue weighted by atomic mass is 9.99. The highest BCUT2D eigenvalue weighted by molar-refractivity contribution is 7.99. The van der Waals surface area contributed by atoms with E-state index in [4.69, 9.17) is 10.5 Å². The fraction of sp³-hybridized carbons (Fsp3) is 0.364. The molecule has 3 aromatic carbocycles. The van der Waals surface area contributed by atoms with Crippen LogP contribution in [0.25, 0.3) is 10.8 Å². The molecule has 242 valence electrons. The summed E-state index contributed by atoms with van der Waals surface area (Å²) in [5, 5.41) is 21.1. The summed E-state index contributed by atoms with van der Waals surface area (Å²) in [6.07, 6.45) is -0.406. The third-order valence-electron chi connectivity index (χ3n) is 7.82. The molecule has 6 N–H and O–H groups in total. The fourth-order valence-corrected chi connectivity index (χ4v) is 6.41. The third kappa shape index (κ3) is 8.55. The molecule has 2 fully saturated rings. The third-order valence-corrected chi connectivity index (χ3v) is 8.83. The summed E-state index contributed by atoms with van der Waals surface area (Å²) in [6.45, 7) is -0.442. The number of hydrogen-bond donors (Lipinski definition) is 5. The van der Waals surface area contributed by atoms with E-state index in [0.29, 0.717) is 11.5 Å². The van der Waals surface area contributed by atoms with Crippen molar-refractivity contribution in [2.45, 2.75) is 56.0 Å². The summed E-state index contributed by atoms with van der Waals surface area (Å²) in [5.74, 6) is -2.24. The smallest absolute Gasteiger partial charge is 0.258 e. The molecule has 0 radical (unpaired) electrons. The van der Waals surface area contributed by atoms with Gasteiger partial charge in [-0.3, -0.25) is 24.0 Å². The fourth-order valence-electron chi connectivity index (χ4n) is 5.25. The van der Waals surface area contributed by atoms with Crippen LogP contribution in [-0.2, 0) is 30.4 Å². The summed E-state index contributed by atoms with van der Waals surface area (Å²) in [5.41, 5.74) is 6.13. The number of nitrogens with one attached hydrogen (secondary N) is 3. The predicted molar refractivity (Wildman–Crippen MR) is 172 cm³/mol. The molecule has 0 spiro atoms. The number of rotatable bonds is 14. The maximum absolute atomic E-state index is 13.6. The van der Waals surface area contributed by atoms with Gasteiger partial charge in [-0.2, -0.15) is 0 Å². The average molecular weight is 648 g/mol. The number of benzene rings is 3. The van der Waals surface area contributed by atoms with Crippen molar-refractivity contribution >= 4 is 52.1 Å². The topological polar surface area (TPSA) is 180 Å². The zero-order valence-corrected chi connectivity index (χ0v) is 25.9. The van der Waals surface area contributed by atoms with Crippen LogP contribution in [0.5, 0.6) is 5.75 Å². The van der Waals surface area contributed by atoms with Gasteiger partial charge in [0.2, 0.25) is 17.7 Å². The summed E-state index contributed by atoms with van der Waals surface area (Å²) in [7, 11) is 0. The van der Waals surface area contributed by atoms with Gasteiger partial charge in [0.25, 0.3) is 11.8 Å². The molecule has 1 saturated heterocycles. The molecule has 1 aliphatic heterocycles. The van der Waals surface area contributed by atoms with Gasteiger partial charge >= 0.3 is 0 Å². The minimum absolute atomic E-state index is 0.0564. The van der Waals surface area contributed by atoms with Crippen LogP contribution in [0.1, 0.15) is 24.8 Å². The summed E-state index contributed by atoms with van der Waals surface area (Å²) < 4.78 is 5.73. The highest BCUT2D eigenvalue weighted by Gasteiger charge is 2.41. The van der Waals surface area contributed by atoms with Crippen molar-refractivity contribution in [2.24, 2.45) is 5.73 Å². The van der Waals surface area contributed by atoms with E-state index in [1.54, 1.807) is 36.4 Å². The number of carbonyl (C=O) groups excluding carboxylic acids is 5. The van der Waals surface area contributed by atoms with Crippen molar-refractivity contribution in [3.05, 3.63) is 78.4 Å². The molecule has 0 aromatic heterocycles. The van der Waals surface area contributed by atoms with E-state index in [9.17, 15) is 29.1 Å². The van der Waals surface area contributed by atoms with E-state index in [-0.39, 0.29) is 24.2 Å². The molecule has 46 heavy (non-hydrogen) atoms. The second-order valence-corrected chi connectivity index (χ2v) is 12.4. The zero-order chi connectivity index (χ0) is 32.6. The van der Waals surface area contributed by atoms with Gasteiger partial charge in [-0.15, -0.1) is 11.8 Å². The van der Waals surface area contributed by atoms with E-state index in [1.807, 2.05) is 36.4 Å². The first-order chi connectivity index (χ1) is 22.2. The molecule has 0 unspecified atom stereocenters. The van der Waals surface area contributed by atoms with Crippen molar-refractivity contribution in [3.63, 3.8) is 0 Å². The van der Waals surface area contributed by atoms with Crippen LogP contribution in [0.3, 0.4) is 0 Å². The van der Waals surface area contributed by atoms with Gasteiger partial charge in [-0.05, 0) is 36.3 Å². The van der Waals surface area contributed by atoms with Gasteiger partial charge in [0.1, 0.15) is 17.8 Å². The maximum atomic E-state index is 13.6. The Morgan fingerprint density at radius 1 is 0.957 bits per heavy atom. The normalized spacial score (nSPS) is 17.8. The van der Waals surface area contributed by atoms with E-state index in [1.165, 1.54) is 16.7 Å². The summed E-state index contributed by atoms with van der Waals surface area (Å²) in [6, 6.07) is 18.7. The number of aliphatic hydroxyl groups excluding tert-OH is 1. The Bertz CT molecular complexity index is 1580. The van der Waals surface area contributed by atoms with Gasteiger partial charge in [0.05, 0.1) is 18.3 Å². The number of ether oxygens (including phenoxy) is 1. The molecule has 3 aromatic rings. The molecule has 5 amide bonds. The van der Waals surface area contributed by atoms with Crippen LogP contribution in [0.15, 0.2) is 72.8 Å².